The smallest absolute Gasteiger partial charge is 0.0311 e. The van der Waals surface area contributed by atoms with Crippen molar-refractivity contribution < 1.29 is 19.4 Å². The Hall–Kier alpha value is 0.258. The standard InChI is InChI=1S/C9H12N4O2.C3H5I2N.Pt/c1-10-5-11(2)7-6(10)8(14)13(4)9(15)12(7)3;4-6(5)3-1-2-3;/h1-4H3;3H,1-2H2;. The summed E-state index contributed by atoms with van der Waals surface area (Å²) in [6.45, 7) is 0. The molecule has 2 heterocycles. The van der Waals surface area contributed by atoms with E-state index in [-0.39, 0.29) is 11.2 Å². The van der Waals surface area contributed by atoms with Crippen LogP contribution in [-0.4, -0.2) is 25.6 Å². The van der Waals surface area contributed by atoms with Crippen LogP contribution in [-0.2, 0) is 47.5 Å². The van der Waals surface area contributed by atoms with Crippen LogP contribution in [0.4, 0.5) is 0 Å². The second-order valence-electron chi connectivity index (χ2n) is 5.23. The van der Waals surface area contributed by atoms with Crippen molar-refractivity contribution in [2.24, 2.45) is 28.2 Å². The summed E-state index contributed by atoms with van der Waals surface area (Å²) >= 11 is 6.75. The fourth-order valence-electron chi connectivity index (χ4n) is 2.15. The Kier molecular flexibility index (Phi) is 5.93. The van der Waals surface area contributed by atoms with Crippen LogP contribution in [0.5, 0.6) is 0 Å². The fraction of sp³-hybridized carbons (Fsp3) is 0.583. The maximum atomic E-state index is 12.0. The number of halogens is 2. The van der Waals surface area contributed by atoms with Crippen molar-refractivity contribution in [1.29, 1.82) is 0 Å². The molecule has 126 valence electrons. The van der Waals surface area contributed by atoms with Crippen molar-refractivity contribution in [1.82, 2.24) is 19.6 Å². The largest absolute Gasteiger partial charge is 0.185 e. The minimum Gasteiger partial charge on any atom is -0.185 e. The van der Waals surface area contributed by atoms with E-state index in [1.165, 1.54) is 24.5 Å². The molecule has 0 bridgehead atoms. The van der Waals surface area contributed by atoms with Crippen molar-refractivity contribution in [2.75, 3.05) is 0 Å². The maximum absolute atomic E-state index is 12.0. The molecule has 0 aliphatic heterocycles. The molecule has 0 saturated heterocycles. The molecule has 2 aromatic rings. The summed E-state index contributed by atoms with van der Waals surface area (Å²) in [5.74, 6) is 0. The van der Waals surface area contributed by atoms with E-state index in [9.17, 15) is 9.59 Å². The molecular weight excluding hydrogens is 695 g/mol. The van der Waals surface area contributed by atoms with E-state index >= 15 is 0 Å². The Labute approximate surface area is 166 Å². The van der Waals surface area contributed by atoms with Crippen molar-refractivity contribution >= 4 is 56.9 Å². The van der Waals surface area contributed by atoms with Crippen LogP contribution in [0.15, 0.2) is 9.59 Å². The molecule has 0 amide bonds. The van der Waals surface area contributed by atoms with Crippen LogP contribution in [0.1, 0.15) is 12.8 Å². The van der Waals surface area contributed by atoms with Gasteiger partial charge in [0.25, 0.3) is 0 Å². The maximum Gasteiger partial charge on any atom is 0.0311 e. The number of rotatable bonds is 1. The molecule has 3 rings (SSSR count). The molecule has 0 radical (unpaired) electrons. The molecule has 7 nitrogen and oxygen atoms in total. The molecule has 2 aromatic heterocycles. The van der Waals surface area contributed by atoms with Gasteiger partial charge in [-0.25, -0.2) is 0 Å². The third-order valence-electron chi connectivity index (χ3n) is 3.60. The predicted molar refractivity (Wildman–Crippen MR) is 98.5 cm³/mol. The fourth-order valence-corrected chi connectivity index (χ4v) is 3.76. The Morgan fingerprint density at radius 3 is 1.95 bits per heavy atom. The first-order valence-electron chi connectivity index (χ1n) is 6.56. The summed E-state index contributed by atoms with van der Waals surface area (Å²) in [6.07, 6.45) is 2.82. The summed E-state index contributed by atoms with van der Waals surface area (Å²) < 4.78 is 9.35. The van der Waals surface area contributed by atoms with Gasteiger partial charge in [0, 0.05) is 51.8 Å². The van der Waals surface area contributed by atoms with Crippen molar-refractivity contribution in [3.05, 3.63) is 24.6 Å². The first-order chi connectivity index (χ1) is 10.2. The predicted octanol–water partition coefficient (Wildman–Crippen LogP) is 1.14. The number of nitrogens with zero attached hydrogens (tertiary/aromatic N) is 5. The normalized spacial score (nSPS) is 14.4. The topological polar surface area (TPSA) is 57.1 Å². The average molecular weight is 712 g/mol. The monoisotopic (exact) mass is 712 g/mol. The Morgan fingerprint density at radius 2 is 1.55 bits per heavy atom. The van der Waals surface area contributed by atoms with Crippen LogP contribution in [0.3, 0.4) is 0 Å². The zero-order chi connectivity index (χ0) is 16.8. The minimum absolute atomic E-state index is 0.264. The third-order valence-corrected chi connectivity index (χ3v) is 6.70. The van der Waals surface area contributed by atoms with Gasteiger partial charge >= 0.3 is 102 Å². The summed E-state index contributed by atoms with van der Waals surface area (Å²) in [4.78, 5) is 23.8. The van der Waals surface area contributed by atoms with Crippen LogP contribution in [0.2, 0.25) is 0 Å². The van der Waals surface area contributed by atoms with Gasteiger partial charge in [-0.05, 0) is 12.8 Å². The number of hydrogen-bond donors (Lipinski definition) is 0. The minimum atomic E-state index is -0.310. The molecule has 10 heteroatoms. The molecule has 0 atom stereocenters. The van der Waals surface area contributed by atoms with E-state index in [4.69, 9.17) is 0 Å². The SMILES string of the molecule is Cn1c(=O)c2c(n(C)c1=O)n(C)[c](=[Pt])n2C.IN(I)C1CC1. The molecule has 0 N–H and O–H groups in total. The van der Waals surface area contributed by atoms with Crippen LogP contribution >= 0.6 is 45.7 Å². The van der Waals surface area contributed by atoms with Gasteiger partial charge in [0.05, 0.1) is 0 Å². The molecule has 0 unspecified atom stereocenters. The number of imidazole rings is 1. The van der Waals surface area contributed by atoms with Crippen molar-refractivity contribution in [2.45, 2.75) is 18.9 Å². The molecular formula is C12H17I2N5O2Pt. The molecule has 1 aliphatic carbocycles. The van der Waals surface area contributed by atoms with E-state index < -0.39 is 0 Å². The molecule has 0 aromatic carbocycles. The van der Waals surface area contributed by atoms with Gasteiger partial charge in [-0.1, -0.05) is 0 Å². The number of hydrogen-bond acceptors (Lipinski definition) is 3. The van der Waals surface area contributed by atoms with Gasteiger partial charge in [-0.2, -0.15) is 1.33 Å². The second-order valence-corrected chi connectivity index (χ2v) is 10.2. The zero-order valence-electron chi connectivity index (χ0n) is 12.6. The molecule has 1 aliphatic rings. The zero-order valence-corrected chi connectivity index (χ0v) is 19.2. The van der Waals surface area contributed by atoms with E-state index in [0.29, 0.717) is 11.2 Å². The molecule has 1 saturated carbocycles. The van der Waals surface area contributed by atoms with E-state index in [1.807, 2.05) is 18.7 Å². The van der Waals surface area contributed by atoms with Gasteiger partial charge in [0.2, 0.25) is 0 Å². The number of fused-ring (bicyclic) bond motifs is 1. The summed E-state index contributed by atoms with van der Waals surface area (Å²) in [5, 5.41) is 0. The Balaban J connectivity index is 0.000000246. The average Bonchev–Trinajstić information content (AvgIpc) is 3.28. The van der Waals surface area contributed by atoms with Crippen molar-refractivity contribution in [3.63, 3.8) is 0 Å². The summed E-state index contributed by atoms with van der Waals surface area (Å²) in [5.41, 5.74) is 0.604. The van der Waals surface area contributed by atoms with Crippen LogP contribution in [0, 0.1) is 3.80 Å². The summed E-state index contributed by atoms with van der Waals surface area (Å²) in [7, 11) is 6.81. The Morgan fingerprint density at radius 1 is 1.00 bits per heavy atom. The van der Waals surface area contributed by atoms with Gasteiger partial charge < -0.3 is 0 Å². The second kappa shape index (κ2) is 7.02. The van der Waals surface area contributed by atoms with Crippen LogP contribution < -0.4 is 11.2 Å². The number of aromatic nitrogens is 4. The number of aryl methyl sites for hydroxylation is 3. The Bertz CT molecular complexity index is 888. The molecule has 1 fully saturated rings. The molecule has 22 heavy (non-hydrogen) atoms. The van der Waals surface area contributed by atoms with Gasteiger partial charge in [0.1, 0.15) is 0 Å². The van der Waals surface area contributed by atoms with Gasteiger partial charge in [0.15, 0.2) is 0 Å². The first kappa shape index (κ1) is 18.6. The van der Waals surface area contributed by atoms with Gasteiger partial charge in [-0.15, -0.1) is 0 Å². The molecule has 0 spiro atoms. The third kappa shape index (κ3) is 3.36. The van der Waals surface area contributed by atoms with E-state index in [2.05, 4.69) is 66.4 Å². The van der Waals surface area contributed by atoms with E-state index in [0.717, 1.165) is 14.4 Å². The van der Waals surface area contributed by atoms with Crippen LogP contribution in [0.25, 0.3) is 11.2 Å². The van der Waals surface area contributed by atoms with Gasteiger partial charge in [-0.3, -0.25) is 0 Å². The summed E-state index contributed by atoms with van der Waals surface area (Å²) in [6, 6.07) is 0.909. The quantitative estimate of drug-likeness (QED) is 0.330. The first-order valence-corrected chi connectivity index (χ1v) is 9.62. The van der Waals surface area contributed by atoms with Crippen molar-refractivity contribution in [3.8, 4) is 0 Å². The van der Waals surface area contributed by atoms with E-state index in [1.54, 1.807) is 11.6 Å².